The van der Waals surface area contributed by atoms with E-state index in [1.165, 1.54) is 16.4 Å². The molecule has 1 aromatic carbocycles. The van der Waals surface area contributed by atoms with Gasteiger partial charge in [-0.05, 0) is 24.6 Å². The summed E-state index contributed by atoms with van der Waals surface area (Å²) in [6.07, 6.45) is 0. The minimum atomic E-state index is -3.61. The molecule has 0 aromatic heterocycles. The van der Waals surface area contributed by atoms with Crippen LogP contribution in [0.4, 0.5) is 4.39 Å². The van der Waals surface area contributed by atoms with Crippen LogP contribution >= 0.6 is 0 Å². The van der Waals surface area contributed by atoms with Crippen LogP contribution in [-0.2, 0) is 10.0 Å². The van der Waals surface area contributed by atoms with Crippen molar-refractivity contribution in [3.8, 4) is 0 Å². The Morgan fingerprint density at radius 3 is 2.61 bits per heavy atom. The average molecular weight is 272 g/mol. The molecular weight excluding hydrogens is 255 g/mol. The molecule has 1 aromatic rings. The Kier molecular flexibility index (Phi) is 3.70. The van der Waals surface area contributed by atoms with E-state index in [4.69, 9.17) is 0 Å². The summed E-state index contributed by atoms with van der Waals surface area (Å²) in [6, 6.07) is 3.84. The number of nitrogens with one attached hydrogen (secondary N) is 1. The fourth-order valence-corrected chi connectivity index (χ4v) is 3.95. The number of benzene rings is 1. The lowest BCUT2D eigenvalue weighted by Gasteiger charge is -2.36. The molecule has 1 heterocycles. The van der Waals surface area contributed by atoms with Gasteiger partial charge in [-0.15, -0.1) is 0 Å². The molecule has 1 N–H and O–H groups in total. The van der Waals surface area contributed by atoms with Gasteiger partial charge in [-0.2, -0.15) is 4.31 Å². The second-order valence-corrected chi connectivity index (χ2v) is 6.29. The van der Waals surface area contributed by atoms with E-state index < -0.39 is 15.8 Å². The molecule has 18 heavy (non-hydrogen) atoms. The predicted molar refractivity (Wildman–Crippen MR) is 67.4 cm³/mol. The monoisotopic (exact) mass is 272 g/mol. The van der Waals surface area contributed by atoms with Gasteiger partial charge in [0, 0.05) is 25.7 Å². The zero-order valence-corrected chi connectivity index (χ0v) is 11.3. The van der Waals surface area contributed by atoms with Crippen LogP contribution < -0.4 is 5.32 Å². The van der Waals surface area contributed by atoms with E-state index in [1.807, 2.05) is 0 Å². The number of halogens is 1. The Balaban J connectivity index is 2.42. The molecule has 1 aliphatic heterocycles. The molecule has 1 saturated heterocycles. The van der Waals surface area contributed by atoms with E-state index in [1.54, 1.807) is 13.8 Å². The first-order valence-electron chi connectivity index (χ1n) is 5.95. The molecule has 100 valence electrons. The van der Waals surface area contributed by atoms with Crippen LogP contribution in [0.15, 0.2) is 23.1 Å². The van der Waals surface area contributed by atoms with Gasteiger partial charge in [-0.3, -0.25) is 0 Å². The summed E-state index contributed by atoms with van der Waals surface area (Å²) < 4.78 is 39.7. The molecule has 0 unspecified atom stereocenters. The topological polar surface area (TPSA) is 49.4 Å². The summed E-state index contributed by atoms with van der Waals surface area (Å²) in [4.78, 5) is 0.0660. The van der Waals surface area contributed by atoms with Gasteiger partial charge in [0.2, 0.25) is 10.0 Å². The summed E-state index contributed by atoms with van der Waals surface area (Å²) in [5.74, 6) is -0.526. The normalized spacial score (nSPS) is 16.9. The van der Waals surface area contributed by atoms with Crippen molar-refractivity contribution in [1.82, 2.24) is 9.62 Å². The number of aryl methyl sites for hydroxylation is 1. The standard InChI is InChI=1S/C12H17FN2O2S/c1-3-15(11-7-14-8-11)18(16,17)12-6-10(13)5-4-9(12)2/h4-6,11,14H,3,7-8H2,1-2H3. The van der Waals surface area contributed by atoms with E-state index in [2.05, 4.69) is 5.32 Å². The van der Waals surface area contributed by atoms with Crippen LogP contribution in [0, 0.1) is 12.7 Å². The van der Waals surface area contributed by atoms with Crippen LogP contribution in [0.1, 0.15) is 12.5 Å². The van der Waals surface area contributed by atoms with Crippen molar-refractivity contribution in [3.63, 3.8) is 0 Å². The predicted octanol–water partition coefficient (Wildman–Crippen LogP) is 1.12. The molecule has 0 atom stereocenters. The van der Waals surface area contributed by atoms with Crippen LogP contribution in [0.25, 0.3) is 0 Å². The third-order valence-corrected chi connectivity index (χ3v) is 5.39. The second-order valence-electron chi connectivity index (χ2n) is 4.43. The van der Waals surface area contributed by atoms with E-state index in [-0.39, 0.29) is 10.9 Å². The van der Waals surface area contributed by atoms with Gasteiger partial charge < -0.3 is 5.32 Å². The van der Waals surface area contributed by atoms with Crippen LogP contribution in [0.3, 0.4) is 0 Å². The molecule has 1 aliphatic rings. The van der Waals surface area contributed by atoms with Gasteiger partial charge in [-0.25, -0.2) is 12.8 Å². The average Bonchev–Trinajstić information content (AvgIpc) is 2.26. The highest BCUT2D eigenvalue weighted by molar-refractivity contribution is 7.89. The minimum absolute atomic E-state index is 0.0253. The van der Waals surface area contributed by atoms with Crippen molar-refractivity contribution in [2.45, 2.75) is 24.8 Å². The fraction of sp³-hybridized carbons (Fsp3) is 0.500. The van der Waals surface area contributed by atoms with Crippen molar-refractivity contribution in [2.75, 3.05) is 19.6 Å². The molecule has 0 aliphatic carbocycles. The smallest absolute Gasteiger partial charge is 0.243 e. The summed E-state index contributed by atoms with van der Waals surface area (Å²) in [5, 5.41) is 3.05. The molecule has 6 heteroatoms. The Morgan fingerprint density at radius 2 is 2.11 bits per heavy atom. The lowest BCUT2D eigenvalue weighted by Crippen LogP contribution is -2.58. The highest BCUT2D eigenvalue weighted by Gasteiger charge is 2.34. The van der Waals surface area contributed by atoms with Crippen molar-refractivity contribution < 1.29 is 12.8 Å². The molecule has 0 saturated carbocycles. The van der Waals surface area contributed by atoms with Crippen molar-refractivity contribution >= 4 is 10.0 Å². The lowest BCUT2D eigenvalue weighted by molar-refractivity contribution is 0.249. The Hall–Kier alpha value is -0.980. The summed E-state index contributed by atoms with van der Waals surface area (Å²) in [7, 11) is -3.61. The summed E-state index contributed by atoms with van der Waals surface area (Å²) in [5.41, 5.74) is 0.571. The van der Waals surface area contributed by atoms with Gasteiger partial charge in [-0.1, -0.05) is 13.0 Å². The largest absolute Gasteiger partial charge is 0.313 e. The van der Waals surface area contributed by atoms with Gasteiger partial charge in [0.15, 0.2) is 0 Å². The quantitative estimate of drug-likeness (QED) is 0.893. The Bertz CT molecular complexity index is 541. The number of nitrogens with zero attached hydrogens (tertiary/aromatic N) is 1. The maximum atomic E-state index is 13.2. The van der Waals surface area contributed by atoms with Crippen LogP contribution in [-0.4, -0.2) is 38.4 Å². The van der Waals surface area contributed by atoms with Gasteiger partial charge in [0.05, 0.1) is 4.90 Å². The number of rotatable bonds is 4. The van der Waals surface area contributed by atoms with E-state index in [9.17, 15) is 12.8 Å². The second kappa shape index (κ2) is 4.95. The summed E-state index contributed by atoms with van der Waals surface area (Å²) >= 11 is 0. The number of likely N-dealkylation sites (N-methyl/N-ethyl adjacent to an activating group) is 1. The fourth-order valence-electron chi connectivity index (χ4n) is 2.08. The third-order valence-electron chi connectivity index (χ3n) is 3.22. The molecule has 4 nitrogen and oxygen atoms in total. The first-order chi connectivity index (χ1) is 8.46. The summed E-state index contributed by atoms with van der Waals surface area (Å²) in [6.45, 7) is 5.18. The Labute approximate surface area is 107 Å². The number of hydrogen-bond donors (Lipinski definition) is 1. The lowest BCUT2D eigenvalue weighted by atomic mass is 10.2. The molecule has 0 spiro atoms. The third kappa shape index (κ3) is 2.28. The molecule has 1 fully saturated rings. The zero-order valence-electron chi connectivity index (χ0n) is 10.5. The maximum absolute atomic E-state index is 13.2. The molecule has 0 radical (unpaired) electrons. The minimum Gasteiger partial charge on any atom is -0.313 e. The molecule has 2 rings (SSSR count). The Morgan fingerprint density at radius 1 is 1.44 bits per heavy atom. The molecular formula is C12H17FN2O2S. The van der Waals surface area contributed by atoms with Crippen LogP contribution in [0.2, 0.25) is 0 Å². The van der Waals surface area contributed by atoms with Gasteiger partial charge in [0.25, 0.3) is 0 Å². The molecule has 0 bridgehead atoms. The van der Waals surface area contributed by atoms with E-state index in [0.717, 1.165) is 6.07 Å². The van der Waals surface area contributed by atoms with Crippen LogP contribution in [0.5, 0.6) is 0 Å². The highest BCUT2D eigenvalue weighted by atomic mass is 32.2. The number of sulfonamides is 1. The van der Waals surface area contributed by atoms with E-state index in [0.29, 0.717) is 25.2 Å². The first-order valence-corrected chi connectivity index (χ1v) is 7.39. The van der Waals surface area contributed by atoms with Crippen molar-refractivity contribution in [2.24, 2.45) is 0 Å². The van der Waals surface area contributed by atoms with Crippen molar-refractivity contribution in [3.05, 3.63) is 29.6 Å². The molecule has 0 amide bonds. The number of hydrogen-bond acceptors (Lipinski definition) is 3. The maximum Gasteiger partial charge on any atom is 0.243 e. The van der Waals surface area contributed by atoms with Gasteiger partial charge >= 0.3 is 0 Å². The van der Waals surface area contributed by atoms with Gasteiger partial charge in [0.1, 0.15) is 5.82 Å². The highest BCUT2D eigenvalue weighted by Crippen LogP contribution is 2.23. The van der Waals surface area contributed by atoms with E-state index >= 15 is 0 Å². The SMILES string of the molecule is CCN(C1CNC1)S(=O)(=O)c1cc(F)ccc1C. The first kappa shape index (κ1) is 13.5. The zero-order chi connectivity index (χ0) is 13.3. The van der Waals surface area contributed by atoms with Crippen molar-refractivity contribution in [1.29, 1.82) is 0 Å².